The monoisotopic (exact) mass is 249 g/mol. The Morgan fingerprint density at radius 3 is 2.32 bits per heavy atom. The molecule has 1 aromatic heterocycles. The second-order valence-electron chi connectivity index (χ2n) is 4.74. The van der Waals surface area contributed by atoms with Gasteiger partial charge in [0.2, 0.25) is 0 Å². The van der Waals surface area contributed by atoms with Gasteiger partial charge in [0.15, 0.2) is 5.76 Å². The smallest absolute Gasteiger partial charge is 0.167 e. The first-order chi connectivity index (χ1) is 9.24. The highest BCUT2D eigenvalue weighted by molar-refractivity contribution is 5.67. The second-order valence-corrected chi connectivity index (χ2v) is 4.74. The summed E-state index contributed by atoms with van der Waals surface area (Å²) in [6, 6.07) is 18.3. The van der Waals surface area contributed by atoms with Crippen LogP contribution in [-0.2, 0) is 0 Å². The van der Waals surface area contributed by atoms with Crippen molar-refractivity contribution < 1.29 is 4.52 Å². The third-order valence-electron chi connectivity index (χ3n) is 3.37. The van der Waals surface area contributed by atoms with Crippen LogP contribution in [-0.4, -0.2) is 5.16 Å². The maximum atomic E-state index is 5.43. The molecule has 3 aromatic rings. The van der Waals surface area contributed by atoms with E-state index in [0.29, 0.717) is 0 Å². The quantitative estimate of drug-likeness (QED) is 0.662. The molecule has 19 heavy (non-hydrogen) atoms. The molecule has 3 rings (SSSR count). The molecule has 0 fully saturated rings. The van der Waals surface area contributed by atoms with Crippen molar-refractivity contribution >= 4 is 0 Å². The van der Waals surface area contributed by atoms with Crippen molar-refractivity contribution in [1.29, 1.82) is 0 Å². The van der Waals surface area contributed by atoms with E-state index in [2.05, 4.69) is 37.2 Å². The maximum absolute atomic E-state index is 5.43. The van der Waals surface area contributed by atoms with Crippen molar-refractivity contribution in [1.82, 2.24) is 5.16 Å². The van der Waals surface area contributed by atoms with Gasteiger partial charge in [0.1, 0.15) is 5.69 Å². The van der Waals surface area contributed by atoms with E-state index in [1.807, 2.05) is 36.4 Å². The molecule has 0 spiro atoms. The minimum atomic E-state index is 0.800. The average Bonchev–Trinajstić information content (AvgIpc) is 2.93. The summed E-state index contributed by atoms with van der Waals surface area (Å²) in [5.41, 5.74) is 5.57. The van der Waals surface area contributed by atoms with Gasteiger partial charge in [0, 0.05) is 17.2 Å². The van der Waals surface area contributed by atoms with Gasteiger partial charge in [-0.05, 0) is 31.0 Å². The van der Waals surface area contributed by atoms with Crippen LogP contribution in [0.4, 0.5) is 0 Å². The molecule has 0 aliphatic heterocycles. The minimum absolute atomic E-state index is 0.800. The highest BCUT2D eigenvalue weighted by atomic mass is 16.5. The van der Waals surface area contributed by atoms with E-state index in [4.69, 9.17) is 4.52 Å². The van der Waals surface area contributed by atoms with Crippen molar-refractivity contribution in [3.8, 4) is 22.6 Å². The van der Waals surface area contributed by atoms with Crippen LogP contribution in [0.25, 0.3) is 22.6 Å². The van der Waals surface area contributed by atoms with Crippen LogP contribution in [0.1, 0.15) is 11.1 Å². The largest absolute Gasteiger partial charge is 0.356 e. The Labute approximate surface area is 112 Å². The number of aromatic nitrogens is 1. The Bertz CT molecular complexity index is 698. The SMILES string of the molecule is Cc1ccc(-c2cc(-c3ccccc3)on2)cc1C. The van der Waals surface area contributed by atoms with Gasteiger partial charge in [-0.15, -0.1) is 0 Å². The molecule has 0 bridgehead atoms. The molecule has 0 aliphatic carbocycles. The van der Waals surface area contributed by atoms with Gasteiger partial charge < -0.3 is 4.52 Å². The molecular formula is C17H15NO. The third kappa shape index (κ3) is 2.29. The molecule has 2 heteroatoms. The number of hydrogen-bond acceptors (Lipinski definition) is 2. The van der Waals surface area contributed by atoms with Crippen LogP contribution in [0.2, 0.25) is 0 Å². The number of benzene rings is 2. The predicted molar refractivity (Wildman–Crippen MR) is 76.8 cm³/mol. The number of hydrogen-bond donors (Lipinski definition) is 0. The maximum Gasteiger partial charge on any atom is 0.167 e. The van der Waals surface area contributed by atoms with Crippen LogP contribution < -0.4 is 0 Å². The Morgan fingerprint density at radius 1 is 0.789 bits per heavy atom. The van der Waals surface area contributed by atoms with E-state index in [1.54, 1.807) is 0 Å². The number of aryl methyl sites for hydroxylation is 2. The zero-order valence-corrected chi connectivity index (χ0v) is 11.1. The van der Waals surface area contributed by atoms with Crippen LogP contribution >= 0.6 is 0 Å². The van der Waals surface area contributed by atoms with Crippen molar-refractivity contribution in [2.45, 2.75) is 13.8 Å². The highest BCUT2D eigenvalue weighted by Crippen LogP contribution is 2.26. The molecule has 0 radical (unpaired) electrons. The van der Waals surface area contributed by atoms with E-state index in [0.717, 1.165) is 22.6 Å². The molecule has 0 atom stereocenters. The standard InChI is InChI=1S/C17H15NO/c1-12-8-9-15(10-13(12)2)16-11-17(19-18-16)14-6-4-3-5-7-14/h3-11H,1-2H3. The molecule has 0 saturated heterocycles. The lowest BCUT2D eigenvalue weighted by molar-refractivity contribution is 0.435. The van der Waals surface area contributed by atoms with Crippen LogP contribution in [0.15, 0.2) is 59.1 Å². The normalized spacial score (nSPS) is 10.6. The summed E-state index contributed by atoms with van der Waals surface area (Å²) < 4.78 is 5.43. The van der Waals surface area contributed by atoms with Gasteiger partial charge in [-0.3, -0.25) is 0 Å². The summed E-state index contributed by atoms with van der Waals surface area (Å²) in [5, 5.41) is 4.16. The Kier molecular flexibility index (Phi) is 2.92. The lowest BCUT2D eigenvalue weighted by Crippen LogP contribution is -1.83. The zero-order chi connectivity index (χ0) is 13.2. The second kappa shape index (κ2) is 4.73. The van der Waals surface area contributed by atoms with Gasteiger partial charge >= 0.3 is 0 Å². The fraction of sp³-hybridized carbons (Fsp3) is 0.118. The first-order valence-corrected chi connectivity index (χ1v) is 6.34. The molecule has 0 unspecified atom stereocenters. The van der Waals surface area contributed by atoms with E-state index in [1.165, 1.54) is 11.1 Å². The van der Waals surface area contributed by atoms with Crippen molar-refractivity contribution in [2.75, 3.05) is 0 Å². The molecule has 2 nitrogen and oxygen atoms in total. The van der Waals surface area contributed by atoms with Crippen molar-refractivity contribution in [3.05, 3.63) is 65.7 Å². The topological polar surface area (TPSA) is 26.0 Å². The first kappa shape index (κ1) is 11.7. The first-order valence-electron chi connectivity index (χ1n) is 6.34. The molecule has 94 valence electrons. The van der Waals surface area contributed by atoms with Gasteiger partial charge in [0.05, 0.1) is 0 Å². The Balaban J connectivity index is 1.99. The van der Waals surface area contributed by atoms with E-state index in [9.17, 15) is 0 Å². The number of rotatable bonds is 2. The predicted octanol–water partition coefficient (Wildman–Crippen LogP) is 4.63. The number of nitrogens with zero attached hydrogens (tertiary/aromatic N) is 1. The van der Waals surface area contributed by atoms with E-state index >= 15 is 0 Å². The summed E-state index contributed by atoms with van der Waals surface area (Å²) in [4.78, 5) is 0. The molecular weight excluding hydrogens is 234 g/mol. The van der Waals surface area contributed by atoms with E-state index < -0.39 is 0 Å². The summed E-state index contributed by atoms with van der Waals surface area (Å²) in [5.74, 6) is 0.800. The fourth-order valence-corrected chi connectivity index (χ4v) is 2.05. The molecule has 0 N–H and O–H groups in total. The highest BCUT2D eigenvalue weighted by Gasteiger charge is 2.08. The van der Waals surface area contributed by atoms with Crippen molar-refractivity contribution in [3.63, 3.8) is 0 Å². The third-order valence-corrected chi connectivity index (χ3v) is 3.37. The fourth-order valence-electron chi connectivity index (χ4n) is 2.05. The summed E-state index contributed by atoms with van der Waals surface area (Å²) in [6.07, 6.45) is 0. The van der Waals surface area contributed by atoms with Crippen LogP contribution in [0.3, 0.4) is 0 Å². The van der Waals surface area contributed by atoms with Gasteiger partial charge in [-0.25, -0.2) is 0 Å². The summed E-state index contributed by atoms with van der Waals surface area (Å²) >= 11 is 0. The molecule has 0 aliphatic rings. The lowest BCUT2D eigenvalue weighted by atomic mass is 10.0. The lowest BCUT2D eigenvalue weighted by Gasteiger charge is -2.01. The minimum Gasteiger partial charge on any atom is -0.356 e. The van der Waals surface area contributed by atoms with Gasteiger partial charge in [-0.2, -0.15) is 0 Å². The molecule has 0 amide bonds. The van der Waals surface area contributed by atoms with Gasteiger partial charge in [-0.1, -0.05) is 47.6 Å². The molecule has 2 aromatic carbocycles. The van der Waals surface area contributed by atoms with Crippen LogP contribution in [0, 0.1) is 13.8 Å². The summed E-state index contributed by atoms with van der Waals surface area (Å²) in [7, 11) is 0. The zero-order valence-electron chi connectivity index (χ0n) is 11.1. The Hall–Kier alpha value is -2.35. The van der Waals surface area contributed by atoms with E-state index in [-0.39, 0.29) is 0 Å². The average molecular weight is 249 g/mol. The Morgan fingerprint density at radius 2 is 1.58 bits per heavy atom. The van der Waals surface area contributed by atoms with Gasteiger partial charge in [0.25, 0.3) is 0 Å². The van der Waals surface area contributed by atoms with Crippen molar-refractivity contribution in [2.24, 2.45) is 0 Å². The van der Waals surface area contributed by atoms with Crippen LogP contribution in [0.5, 0.6) is 0 Å². The molecule has 1 heterocycles. The molecule has 0 saturated carbocycles. The summed E-state index contributed by atoms with van der Waals surface area (Å²) in [6.45, 7) is 4.22.